The molecule has 2 aromatic carbocycles. The molecule has 5 nitrogen and oxygen atoms in total. The van der Waals surface area contributed by atoms with Crippen molar-refractivity contribution in [2.24, 2.45) is 0 Å². The highest BCUT2D eigenvalue weighted by Gasteiger charge is 2.15. The van der Waals surface area contributed by atoms with Crippen molar-refractivity contribution in [3.8, 4) is 0 Å². The van der Waals surface area contributed by atoms with E-state index in [-0.39, 0.29) is 4.90 Å². The van der Waals surface area contributed by atoms with Crippen LogP contribution in [-0.2, 0) is 14.8 Å². The molecule has 0 heterocycles. The molecular formula is C14H12ClFN2O3S. The van der Waals surface area contributed by atoms with Gasteiger partial charge in [-0.25, -0.2) is 17.5 Å². The highest BCUT2D eigenvalue weighted by atomic mass is 35.5. The molecule has 2 N–H and O–H groups in total. The van der Waals surface area contributed by atoms with Gasteiger partial charge in [-0.05, 0) is 36.4 Å². The number of carbonyl (C=O) groups is 1. The predicted octanol–water partition coefficient (Wildman–Crippen LogP) is 2.40. The summed E-state index contributed by atoms with van der Waals surface area (Å²) in [7, 11) is -3.88. The number of hydrogen-bond acceptors (Lipinski definition) is 3. The lowest BCUT2D eigenvalue weighted by Crippen LogP contribution is -2.32. The monoisotopic (exact) mass is 342 g/mol. The van der Waals surface area contributed by atoms with Crippen molar-refractivity contribution in [1.29, 1.82) is 0 Å². The summed E-state index contributed by atoms with van der Waals surface area (Å²) in [5, 5.41) is 2.83. The minimum atomic E-state index is -3.88. The Morgan fingerprint density at radius 2 is 1.73 bits per heavy atom. The van der Waals surface area contributed by atoms with Crippen LogP contribution in [0.25, 0.3) is 0 Å². The van der Waals surface area contributed by atoms with Gasteiger partial charge in [0.25, 0.3) is 0 Å². The quantitative estimate of drug-likeness (QED) is 0.876. The summed E-state index contributed by atoms with van der Waals surface area (Å²) >= 11 is 5.88. The molecule has 0 aliphatic rings. The molecule has 0 saturated heterocycles. The van der Waals surface area contributed by atoms with Gasteiger partial charge in [0.15, 0.2) is 0 Å². The lowest BCUT2D eigenvalue weighted by atomic mass is 10.3. The van der Waals surface area contributed by atoms with E-state index in [1.807, 2.05) is 0 Å². The van der Waals surface area contributed by atoms with E-state index in [4.69, 9.17) is 11.6 Å². The maximum Gasteiger partial charge on any atom is 0.241 e. The normalized spacial score (nSPS) is 11.2. The second-order valence-electron chi connectivity index (χ2n) is 4.31. The van der Waals surface area contributed by atoms with Gasteiger partial charge >= 0.3 is 0 Å². The Kier molecular flexibility index (Phi) is 5.12. The largest absolute Gasteiger partial charge is 0.324 e. The number of nitrogens with one attached hydrogen (secondary N) is 2. The maximum absolute atomic E-state index is 12.8. The van der Waals surface area contributed by atoms with Crippen LogP contribution in [0.15, 0.2) is 53.4 Å². The highest BCUT2D eigenvalue weighted by molar-refractivity contribution is 7.89. The molecule has 0 unspecified atom stereocenters. The van der Waals surface area contributed by atoms with Crippen LogP contribution in [0.3, 0.4) is 0 Å². The summed E-state index contributed by atoms with van der Waals surface area (Å²) in [6.45, 7) is -0.467. The summed E-state index contributed by atoms with van der Waals surface area (Å²) in [6.07, 6.45) is 0. The van der Waals surface area contributed by atoms with Crippen molar-refractivity contribution in [1.82, 2.24) is 4.72 Å². The molecule has 2 rings (SSSR count). The van der Waals surface area contributed by atoms with Gasteiger partial charge in [-0.15, -0.1) is 0 Å². The lowest BCUT2D eigenvalue weighted by molar-refractivity contribution is -0.115. The van der Waals surface area contributed by atoms with Crippen molar-refractivity contribution < 1.29 is 17.6 Å². The topological polar surface area (TPSA) is 75.3 Å². The number of sulfonamides is 1. The molecule has 0 atom stereocenters. The summed E-state index contributed by atoms with van der Waals surface area (Å²) < 4.78 is 38.8. The van der Waals surface area contributed by atoms with Crippen molar-refractivity contribution in [3.63, 3.8) is 0 Å². The number of carbonyl (C=O) groups excluding carboxylic acids is 1. The fourth-order valence-electron chi connectivity index (χ4n) is 1.61. The zero-order chi connectivity index (χ0) is 16.2. The Labute approximate surface area is 132 Å². The van der Waals surface area contributed by atoms with E-state index >= 15 is 0 Å². The van der Waals surface area contributed by atoms with E-state index in [1.165, 1.54) is 0 Å². The van der Waals surface area contributed by atoms with Gasteiger partial charge in [-0.1, -0.05) is 23.7 Å². The number of para-hydroxylation sites is 1. The third-order valence-corrected chi connectivity index (χ3v) is 4.44. The summed E-state index contributed by atoms with van der Waals surface area (Å²) in [6, 6.07) is 10.9. The van der Waals surface area contributed by atoms with Crippen LogP contribution in [0.5, 0.6) is 0 Å². The smallest absolute Gasteiger partial charge is 0.241 e. The van der Waals surface area contributed by atoms with Gasteiger partial charge in [-0.3, -0.25) is 4.79 Å². The maximum atomic E-state index is 12.8. The number of amides is 1. The molecule has 0 aliphatic carbocycles. The molecule has 1 amide bonds. The van der Waals surface area contributed by atoms with Crippen molar-refractivity contribution in [2.45, 2.75) is 4.90 Å². The van der Waals surface area contributed by atoms with Crippen LogP contribution in [0.2, 0.25) is 5.02 Å². The van der Waals surface area contributed by atoms with Crippen molar-refractivity contribution in [2.75, 3.05) is 11.9 Å². The number of anilines is 1. The molecule has 22 heavy (non-hydrogen) atoms. The first kappa shape index (κ1) is 16.4. The Balaban J connectivity index is 1.98. The van der Waals surface area contributed by atoms with Crippen LogP contribution in [0, 0.1) is 5.82 Å². The van der Waals surface area contributed by atoms with Crippen LogP contribution >= 0.6 is 11.6 Å². The minimum Gasteiger partial charge on any atom is -0.324 e. The van der Waals surface area contributed by atoms with Crippen LogP contribution in [0.1, 0.15) is 0 Å². The zero-order valence-electron chi connectivity index (χ0n) is 11.2. The molecule has 0 bridgehead atoms. The lowest BCUT2D eigenvalue weighted by Gasteiger charge is -2.09. The number of halogens is 2. The highest BCUT2D eigenvalue weighted by Crippen LogP contribution is 2.20. The third-order valence-electron chi connectivity index (χ3n) is 2.69. The summed E-state index contributed by atoms with van der Waals surface area (Å²) in [5.41, 5.74) is 0.384. The van der Waals surface area contributed by atoms with Crippen molar-refractivity contribution in [3.05, 3.63) is 59.4 Å². The van der Waals surface area contributed by atoms with E-state index in [1.54, 1.807) is 24.3 Å². The molecule has 116 valence electrons. The fourth-order valence-corrected chi connectivity index (χ4v) is 2.78. The molecule has 0 aromatic heterocycles. The second kappa shape index (κ2) is 6.87. The summed E-state index contributed by atoms with van der Waals surface area (Å²) in [5.74, 6) is -1.12. The van der Waals surface area contributed by atoms with Crippen LogP contribution in [-0.4, -0.2) is 20.9 Å². The Morgan fingerprint density at radius 1 is 1.09 bits per heavy atom. The van der Waals surface area contributed by atoms with Gasteiger partial charge in [0.2, 0.25) is 15.9 Å². The fraction of sp³-hybridized carbons (Fsp3) is 0.0714. The predicted molar refractivity (Wildman–Crippen MR) is 81.7 cm³/mol. The number of hydrogen-bond donors (Lipinski definition) is 2. The first-order valence-corrected chi connectivity index (χ1v) is 8.04. The average Bonchev–Trinajstić information content (AvgIpc) is 2.48. The second-order valence-corrected chi connectivity index (χ2v) is 6.48. The molecule has 0 fully saturated rings. The van der Waals surface area contributed by atoms with Gasteiger partial charge in [0, 0.05) is 0 Å². The SMILES string of the molecule is O=C(CNS(=O)(=O)c1ccc(F)cc1)Nc1ccccc1Cl. The average molecular weight is 343 g/mol. The van der Waals surface area contributed by atoms with Crippen LogP contribution in [0.4, 0.5) is 10.1 Å². The first-order valence-electron chi connectivity index (χ1n) is 6.18. The molecule has 0 spiro atoms. The third kappa shape index (κ3) is 4.27. The molecule has 2 aromatic rings. The first-order chi connectivity index (χ1) is 10.4. The molecule has 0 aliphatic heterocycles. The van der Waals surface area contributed by atoms with E-state index in [0.29, 0.717) is 10.7 Å². The van der Waals surface area contributed by atoms with Gasteiger partial charge < -0.3 is 5.32 Å². The molecule has 8 heteroatoms. The Hall–Kier alpha value is -1.96. The van der Waals surface area contributed by atoms with Gasteiger partial charge in [0.1, 0.15) is 5.82 Å². The summed E-state index contributed by atoms with van der Waals surface area (Å²) in [4.78, 5) is 11.6. The van der Waals surface area contributed by atoms with E-state index in [9.17, 15) is 17.6 Å². The van der Waals surface area contributed by atoms with Crippen LogP contribution < -0.4 is 10.0 Å². The molecule has 0 radical (unpaired) electrons. The Morgan fingerprint density at radius 3 is 2.36 bits per heavy atom. The van der Waals surface area contributed by atoms with E-state index in [2.05, 4.69) is 10.0 Å². The minimum absolute atomic E-state index is 0.126. The Bertz CT molecular complexity index is 779. The standard InChI is InChI=1S/C14H12ClFN2O3S/c15-12-3-1-2-4-13(12)18-14(19)9-17-22(20,21)11-7-5-10(16)6-8-11/h1-8,17H,9H2,(H,18,19). The molecule has 0 saturated carbocycles. The molecular weight excluding hydrogens is 331 g/mol. The zero-order valence-corrected chi connectivity index (χ0v) is 12.8. The number of benzene rings is 2. The van der Waals surface area contributed by atoms with Gasteiger partial charge in [-0.2, -0.15) is 0 Å². The number of rotatable bonds is 5. The van der Waals surface area contributed by atoms with Gasteiger partial charge in [0.05, 0.1) is 22.2 Å². The van der Waals surface area contributed by atoms with Crippen molar-refractivity contribution >= 4 is 33.2 Å². The van der Waals surface area contributed by atoms with E-state index in [0.717, 1.165) is 24.3 Å². The van der Waals surface area contributed by atoms with E-state index < -0.39 is 28.3 Å².